The molecule has 0 aromatic carbocycles. The van der Waals surface area contributed by atoms with Gasteiger partial charge in [0.05, 0.1) is 11.1 Å². The average Bonchev–Trinajstić information content (AvgIpc) is 2.84. The van der Waals surface area contributed by atoms with Crippen LogP contribution in [0.15, 0.2) is 23.1 Å². The van der Waals surface area contributed by atoms with Crippen LogP contribution in [0.5, 0.6) is 0 Å². The molecule has 1 aliphatic heterocycles. The maximum atomic E-state index is 12.2. The van der Waals surface area contributed by atoms with E-state index in [1.165, 1.54) is 0 Å². The molecule has 0 aliphatic carbocycles. The van der Waals surface area contributed by atoms with Gasteiger partial charge in [-0.05, 0) is 18.4 Å². The van der Waals surface area contributed by atoms with Crippen LogP contribution >= 0.6 is 0 Å². The summed E-state index contributed by atoms with van der Waals surface area (Å²) >= 11 is 0. The second-order valence-corrected chi connectivity index (χ2v) is 5.69. The zero-order valence-corrected chi connectivity index (χ0v) is 11.8. The number of aromatic nitrogens is 1. The summed E-state index contributed by atoms with van der Waals surface area (Å²) in [6.07, 6.45) is 1.91. The molecule has 1 aromatic rings. The lowest BCUT2D eigenvalue weighted by Crippen LogP contribution is -2.37. The summed E-state index contributed by atoms with van der Waals surface area (Å²) in [6.45, 7) is 3.46. The standard InChI is InChI=1S/C13H18N4O4/c1-13(8-14)4-5-15(9-13)12(19)7-16-6-10(17(20)21)2-3-11(16)18/h2-3,6H,4-5,7-9,14H2,1H3. The molecule has 21 heavy (non-hydrogen) atoms. The van der Waals surface area contributed by atoms with Crippen molar-refractivity contribution in [3.63, 3.8) is 0 Å². The number of carbonyl (C=O) groups is 1. The van der Waals surface area contributed by atoms with Crippen LogP contribution in [0.2, 0.25) is 0 Å². The van der Waals surface area contributed by atoms with Gasteiger partial charge in [-0.2, -0.15) is 0 Å². The Morgan fingerprint density at radius 3 is 2.81 bits per heavy atom. The van der Waals surface area contributed by atoms with E-state index in [0.29, 0.717) is 19.6 Å². The number of likely N-dealkylation sites (tertiary alicyclic amines) is 1. The predicted octanol–water partition coefficient (Wildman–Crippen LogP) is -0.0462. The number of amides is 1. The maximum Gasteiger partial charge on any atom is 0.285 e. The smallest absolute Gasteiger partial charge is 0.285 e. The van der Waals surface area contributed by atoms with Crippen LogP contribution in [0.25, 0.3) is 0 Å². The summed E-state index contributed by atoms with van der Waals surface area (Å²) in [4.78, 5) is 35.7. The van der Waals surface area contributed by atoms with Crippen molar-refractivity contribution in [3.8, 4) is 0 Å². The third kappa shape index (κ3) is 3.27. The lowest BCUT2D eigenvalue weighted by atomic mass is 9.90. The zero-order chi connectivity index (χ0) is 15.6. The Morgan fingerprint density at radius 2 is 2.24 bits per heavy atom. The van der Waals surface area contributed by atoms with Crippen LogP contribution < -0.4 is 11.3 Å². The summed E-state index contributed by atoms with van der Waals surface area (Å²) in [6, 6.07) is 2.23. The van der Waals surface area contributed by atoms with Crippen molar-refractivity contribution in [3.05, 3.63) is 38.8 Å². The van der Waals surface area contributed by atoms with Gasteiger partial charge in [0.25, 0.3) is 11.2 Å². The maximum absolute atomic E-state index is 12.2. The van der Waals surface area contributed by atoms with E-state index in [2.05, 4.69) is 0 Å². The highest BCUT2D eigenvalue weighted by Gasteiger charge is 2.34. The van der Waals surface area contributed by atoms with Crippen molar-refractivity contribution < 1.29 is 9.72 Å². The first-order valence-electron chi connectivity index (χ1n) is 6.67. The van der Waals surface area contributed by atoms with Crippen molar-refractivity contribution in [1.82, 2.24) is 9.47 Å². The monoisotopic (exact) mass is 294 g/mol. The van der Waals surface area contributed by atoms with E-state index in [4.69, 9.17) is 5.73 Å². The molecule has 114 valence electrons. The SMILES string of the molecule is CC1(CN)CCN(C(=O)Cn2cc([N+](=O)[O-])ccc2=O)C1. The van der Waals surface area contributed by atoms with Crippen molar-refractivity contribution >= 4 is 11.6 Å². The van der Waals surface area contributed by atoms with Crippen molar-refractivity contribution in [2.45, 2.75) is 19.9 Å². The zero-order valence-electron chi connectivity index (χ0n) is 11.8. The molecule has 2 rings (SSSR count). The molecule has 0 saturated carbocycles. The van der Waals surface area contributed by atoms with Gasteiger partial charge in [-0.3, -0.25) is 24.3 Å². The fourth-order valence-electron chi connectivity index (χ4n) is 2.40. The van der Waals surface area contributed by atoms with E-state index in [9.17, 15) is 19.7 Å². The molecule has 1 aromatic heterocycles. The molecule has 0 bridgehead atoms. The Bertz CT molecular complexity index is 627. The molecule has 1 amide bonds. The molecule has 1 unspecified atom stereocenters. The Hall–Kier alpha value is -2.22. The molecule has 1 saturated heterocycles. The largest absolute Gasteiger partial charge is 0.341 e. The number of carbonyl (C=O) groups excluding carboxylic acids is 1. The molecule has 0 radical (unpaired) electrons. The third-order valence-corrected chi connectivity index (χ3v) is 3.89. The topological polar surface area (TPSA) is 111 Å². The van der Waals surface area contributed by atoms with Crippen LogP contribution in [-0.4, -0.2) is 39.9 Å². The molecule has 1 aliphatic rings. The molecule has 0 spiro atoms. The van der Waals surface area contributed by atoms with Crippen LogP contribution in [-0.2, 0) is 11.3 Å². The number of nitrogens with two attached hydrogens (primary N) is 1. The predicted molar refractivity (Wildman–Crippen MR) is 75.7 cm³/mol. The van der Waals surface area contributed by atoms with Crippen LogP contribution in [0.4, 0.5) is 5.69 Å². The quantitative estimate of drug-likeness (QED) is 0.618. The number of nitro groups is 1. The van der Waals surface area contributed by atoms with Crippen LogP contribution in [0.3, 0.4) is 0 Å². The minimum Gasteiger partial charge on any atom is -0.341 e. The van der Waals surface area contributed by atoms with Crippen molar-refractivity contribution in [2.75, 3.05) is 19.6 Å². The van der Waals surface area contributed by atoms with E-state index >= 15 is 0 Å². The molecular weight excluding hydrogens is 276 g/mol. The lowest BCUT2D eigenvalue weighted by Gasteiger charge is -2.22. The number of rotatable bonds is 4. The van der Waals surface area contributed by atoms with Gasteiger partial charge in [-0.1, -0.05) is 6.92 Å². The van der Waals surface area contributed by atoms with E-state index in [0.717, 1.165) is 29.3 Å². The summed E-state index contributed by atoms with van der Waals surface area (Å²) in [7, 11) is 0. The number of pyridine rings is 1. The number of nitrogens with zero attached hydrogens (tertiary/aromatic N) is 3. The van der Waals surface area contributed by atoms with E-state index in [1.54, 1.807) is 4.90 Å². The summed E-state index contributed by atoms with van der Waals surface area (Å²) < 4.78 is 1.07. The van der Waals surface area contributed by atoms with Gasteiger partial charge < -0.3 is 10.6 Å². The fraction of sp³-hybridized carbons (Fsp3) is 0.538. The number of hydrogen-bond donors (Lipinski definition) is 1. The molecule has 1 atom stereocenters. The normalized spacial score (nSPS) is 21.5. The second-order valence-electron chi connectivity index (χ2n) is 5.69. The van der Waals surface area contributed by atoms with Crippen molar-refractivity contribution in [2.24, 2.45) is 11.1 Å². The average molecular weight is 294 g/mol. The van der Waals surface area contributed by atoms with Gasteiger partial charge >= 0.3 is 0 Å². The minimum atomic E-state index is -0.595. The Labute approximate surface area is 121 Å². The summed E-state index contributed by atoms with van der Waals surface area (Å²) in [5, 5.41) is 10.7. The highest BCUT2D eigenvalue weighted by molar-refractivity contribution is 5.76. The van der Waals surface area contributed by atoms with Crippen LogP contribution in [0.1, 0.15) is 13.3 Å². The highest BCUT2D eigenvalue weighted by Crippen LogP contribution is 2.28. The Balaban J connectivity index is 2.12. The second kappa shape index (κ2) is 5.65. The lowest BCUT2D eigenvalue weighted by molar-refractivity contribution is -0.385. The van der Waals surface area contributed by atoms with Gasteiger partial charge in [0.1, 0.15) is 6.54 Å². The molecule has 8 nitrogen and oxygen atoms in total. The first-order valence-corrected chi connectivity index (χ1v) is 6.67. The molecule has 1 fully saturated rings. The fourth-order valence-corrected chi connectivity index (χ4v) is 2.40. The van der Waals surface area contributed by atoms with Gasteiger partial charge in [0.2, 0.25) is 5.91 Å². The molecular formula is C13H18N4O4. The molecule has 8 heteroatoms. The van der Waals surface area contributed by atoms with Gasteiger partial charge in [0, 0.05) is 25.2 Å². The van der Waals surface area contributed by atoms with Crippen LogP contribution in [0, 0.1) is 15.5 Å². The summed E-state index contributed by atoms with van der Waals surface area (Å²) in [5.74, 6) is -0.227. The Kier molecular flexibility index (Phi) is 4.08. The molecule has 2 N–H and O–H groups in total. The number of hydrogen-bond acceptors (Lipinski definition) is 5. The first kappa shape index (κ1) is 15.2. The van der Waals surface area contributed by atoms with E-state index in [1.807, 2.05) is 6.92 Å². The minimum absolute atomic E-state index is 0.0939. The Morgan fingerprint density at radius 1 is 1.52 bits per heavy atom. The first-order chi connectivity index (χ1) is 9.84. The summed E-state index contributed by atoms with van der Waals surface area (Å²) in [5.41, 5.74) is 4.95. The van der Waals surface area contributed by atoms with Gasteiger partial charge in [0.15, 0.2) is 0 Å². The van der Waals surface area contributed by atoms with E-state index < -0.39 is 10.5 Å². The van der Waals surface area contributed by atoms with E-state index in [-0.39, 0.29) is 23.6 Å². The highest BCUT2D eigenvalue weighted by atomic mass is 16.6. The third-order valence-electron chi connectivity index (χ3n) is 3.89. The van der Waals surface area contributed by atoms with Gasteiger partial charge in [-0.25, -0.2) is 0 Å². The van der Waals surface area contributed by atoms with Gasteiger partial charge in [-0.15, -0.1) is 0 Å². The van der Waals surface area contributed by atoms with Crippen molar-refractivity contribution in [1.29, 1.82) is 0 Å². The molecule has 2 heterocycles.